The number of amides is 2. The zero-order valence-electron chi connectivity index (χ0n) is 11.9. The van der Waals surface area contributed by atoms with Crippen molar-refractivity contribution in [1.29, 1.82) is 0 Å². The van der Waals surface area contributed by atoms with Crippen LogP contribution < -0.4 is 15.4 Å². The molecule has 1 aliphatic carbocycles. The maximum absolute atomic E-state index is 12.3. The van der Waals surface area contributed by atoms with E-state index < -0.39 is 5.41 Å². The van der Waals surface area contributed by atoms with E-state index in [0.29, 0.717) is 30.8 Å². The molecule has 1 aliphatic rings. The fraction of sp³-hybridized carbons (Fsp3) is 0.467. The van der Waals surface area contributed by atoms with Gasteiger partial charge in [-0.1, -0.05) is 13.0 Å². The third-order valence-electron chi connectivity index (χ3n) is 3.48. The summed E-state index contributed by atoms with van der Waals surface area (Å²) < 4.78 is 5.11. The Labute approximate surface area is 118 Å². The topological polar surface area (TPSA) is 67.4 Å². The predicted octanol–water partition coefficient (Wildman–Crippen LogP) is 1.94. The van der Waals surface area contributed by atoms with Crippen LogP contribution in [0.2, 0.25) is 0 Å². The zero-order valence-corrected chi connectivity index (χ0v) is 11.9. The van der Waals surface area contributed by atoms with Gasteiger partial charge in [-0.15, -0.1) is 0 Å². The van der Waals surface area contributed by atoms with Crippen LogP contribution >= 0.6 is 0 Å². The Balaban J connectivity index is 2.02. The fourth-order valence-corrected chi connectivity index (χ4v) is 2.04. The molecule has 2 amide bonds. The number of carbonyl (C=O) groups is 2. The Bertz CT molecular complexity index is 510. The van der Waals surface area contributed by atoms with Gasteiger partial charge in [-0.3, -0.25) is 9.59 Å². The molecule has 1 aromatic carbocycles. The van der Waals surface area contributed by atoms with E-state index in [2.05, 4.69) is 10.6 Å². The van der Waals surface area contributed by atoms with Crippen LogP contribution in [0.1, 0.15) is 26.2 Å². The predicted molar refractivity (Wildman–Crippen MR) is 76.6 cm³/mol. The Hall–Kier alpha value is -2.04. The quantitative estimate of drug-likeness (QED) is 0.780. The first-order chi connectivity index (χ1) is 9.62. The molecule has 0 spiro atoms. The fourth-order valence-electron chi connectivity index (χ4n) is 2.04. The van der Waals surface area contributed by atoms with Crippen LogP contribution in [0, 0.1) is 5.41 Å². The molecule has 0 aromatic heterocycles. The number of nitrogens with one attached hydrogen (secondary N) is 2. The van der Waals surface area contributed by atoms with E-state index >= 15 is 0 Å². The van der Waals surface area contributed by atoms with Gasteiger partial charge in [-0.25, -0.2) is 0 Å². The lowest BCUT2D eigenvalue weighted by Gasteiger charge is -2.15. The van der Waals surface area contributed by atoms with Crippen LogP contribution in [0.3, 0.4) is 0 Å². The van der Waals surface area contributed by atoms with Crippen LogP contribution in [-0.2, 0) is 9.59 Å². The second kappa shape index (κ2) is 5.94. The third kappa shape index (κ3) is 2.92. The van der Waals surface area contributed by atoms with Crippen LogP contribution in [0.5, 0.6) is 5.75 Å². The molecule has 2 rings (SSSR count). The number of benzene rings is 1. The molecule has 1 aromatic rings. The molecule has 1 saturated carbocycles. The molecule has 1 fully saturated rings. The lowest BCUT2D eigenvalue weighted by molar-refractivity contribution is -0.134. The number of methoxy groups -OCH3 is 1. The maximum Gasteiger partial charge on any atom is 0.240 e. The van der Waals surface area contributed by atoms with Gasteiger partial charge in [0, 0.05) is 18.3 Å². The molecule has 0 aliphatic heterocycles. The van der Waals surface area contributed by atoms with Crippen molar-refractivity contribution in [2.45, 2.75) is 26.2 Å². The molecule has 0 heterocycles. The van der Waals surface area contributed by atoms with Gasteiger partial charge in [0.25, 0.3) is 0 Å². The molecular formula is C15H20N2O3. The van der Waals surface area contributed by atoms with Crippen molar-refractivity contribution in [3.8, 4) is 5.75 Å². The molecular weight excluding hydrogens is 256 g/mol. The summed E-state index contributed by atoms with van der Waals surface area (Å²) in [5, 5.41) is 5.60. The summed E-state index contributed by atoms with van der Waals surface area (Å²) in [7, 11) is 1.57. The average molecular weight is 276 g/mol. The van der Waals surface area contributed by atoms with Gasteiger partial charge in [0.2, 0.25) is 11.8 Å². The standard InChI is InChI=1S/C15H20N2O3/c1-3-9-16-13(18)15(7-8-15)14(19)17-11-5-4-6-12(10-11)20-2/h4-6,10H,3,7-9H2,1-2H3,(H,16,18)(H,17,19). The normalized spacial score (nSPS) is 15.3. The Morgan fingerprint density at radius 3 is 2.65 bits per heavy atom. The smallest absolute Gasteiger partial charge is 0.240 e. The van der Waals surface area contributed by atoms with Crippen LogP contribution in [0.25, 0.3) is 0 Å². The van der Waals surface area contributed by atoms with E-state index in [4.69, 9.17) is 4.74 Å². The molecule has 20 heavy (non-hydrogen) atoms. The number of anilines is 1. The van der Waals surface area contributed by atoms with Crippen LogP contribution in [0.15, 0.2) is 24.3 Å². The maximum atomic E-state index is 12.3. The molecule has 0 radical (unpaired) electrons. The SMILES string of the molecule is CCCNC(=O)C1(C(=O)Nc2cccc(OC)c2)CC1. The first kappa shape index (κ1) is 14.4. The summed E-state index contributed by atoms with van der Waals surface area (Å²) in [4.78, 5) is 24.3. The van der Waals surface area contributed by atoms with Crippen LogP contribution in [0.4, 0.5) is 5.69 Å². The molecule has 108 valence electrons. The summed E-state index contributed by atoms with van der Waals surface area (Å²) in [6.45, 7) is 2.59. The van der Waals surface area contributed by atoms with Crippen molar-refractivity contribution in [2.24, 2.45) is 5.41 Å². The highest BCUT2D eigenvalue weighted by atomic mass is 16.5. The van der Waals surface area contributed by atoms with Crippen LogP contribution in [-0.4, -0.2) is 25.5 Å². The number of hydrogen-bond acceptors (Lipinski definition) is 3. The molecule has 0 bridgehead atoms. The van der Waals surface area contributed by atoms with Gasteiger partial charge in [-0.2, -0.15) is 0 Å². The highest BCUT2D eigenvalue weighted by Gasteiger charge is 2.56. The van der Waals surface area contributed by atoms with E-state index in [0.717, 1.165) is 6.42 Å². The molecule has 5 heteroatoms. The monoisotopic (exact) mass is 276 g/mol. The lowest BCUT2D eigenvalue weighted by atomic mass is 10.0. The zero-order chi connectivity index (χ0) is 14.6. The molecule has 0 atom stereocenters. The largest absolute Gasteiger partial charge is 0.497 e. The Morgan fingerprint density at radius 2 is 2.05 bits per heavy atom. The molecule has 2 N–H and O–H groups in total. The highest BCUT2D eigenvalue weighted by Crippen LogP contribution is 2.46. The first-order valence-corrected chi connectivity index (χ1v) is 6.86. The summed E-state index contributed by atoms with van der Waals surface area (Å²) in [5.74, 6) is 0.266. The van der Waals surface area contributed by atoms with Gasteiger partial charge in [0.15, 0.2) is 0 Å². The lowest BCUT2D eigenvalue weighted by Crippen LogP contribution is -2.40. The van der Waals surface area contributed by atoms with E-state index in [9.17, 15) is 9.59 Å². The van der Waals surface area contributed by atoms with Gasteiger partial charge in [0.05, 0.1) is 7.11 Å². The van der Waals surface area contributed by atoms with E-state index in [1.807, 2.05) is 6.92 Å². The summed E-state index contributed by atoms with van der Waals surface area (Å²) >= 11 is 0. The molecule has 0 unspecified atom stereocenters. The molecule has 0 saturated heterocycles. The molecule has 5 nitrogen and oxygen atoms in total. The Kier molecular flexibility index (Phi) is 4.27. The van der Waals surface area contributed by atoms with Gasteiger partial charge < -0.3 is 15.4 Å². The summed E-state index contributed by atoms with van der Waals surface area (Å²) in [5.41, 5.74) is -0.234. The summed E-state index contributed by atoms with van der Waals surface area (Å²) in [6.07, 6.45) is 2.08. The van der Waals surface area contributed by atoms with Crippen molar-refractivity contribution in [2.75, 3.05) is 19.0 Å². The Morgan fingerprint density at radius 1 is 1.30 bits per heavy atom. The third-order valence-corrected chi connectivity index (χ3v) is 3.48. The van der Waals surface area contributed by atoms with Gasteiger partial charge in [0.1, 0.15) is 11.2 Å². The van der Waals surface area contributed by atoms with E-state index in [1.165, 1.54) is 0 Å². The highest BCUT2D eigenvalue weighted by molar-refractivity contribution is 6.13. The van der Waals surface area contributed by atoms with Gasteiger partial charge in [-0.05, 0) is 31.4 Å². The number of hydrogen-bond donors (Lipinski definition) is 2. The minimum Gasteiger partial charge on any atom is -0.497 e. The number of rotatable bonds is 6. The minimum absolute atomic E-state index is 0.167. The second-order valence-electron chi connectivity index (χ2n) is 5.02. The van der Waals surface area contributed by atoms with Crippen molar-refractivity contribution < 1.29 is 14.3 Å². The van der Waals surface area contributed by atoms with E-state index in [-0.39, 0.29) is 11.8 Å². The van der Waals surface area contributed by atoms with Crippen molar-refractivity contribution in [3.05, 3.63) is 24.3 Å². The van der Waals surface area contributed by atoms with Crippen molar-refractivity contribution in [3.63, 3.8) is 0 Å². The van der Waals surface area contributed by atoms with E-state index in [1.54, 1.807) is 31.4 Å². The van der Waals surface area contributed by atoms with Crippen molar-refractivity contribution in [1.82, 2.24) is 5.32 Å². The average Bonchev–Trinajstić information content (AvgIpc) is 3.26. The van der Waals surface area contributed by atoms with Gasteiger partial charge >= 0.3 is 0 Å². The van der Waals surface area contributed by atoms with Crippen molar-refractivity contribution >= 4 is 17.5 Å². The first-order valence-electron chi connectivity index (χ1n) is 6.86. The number of ether oxygens (including phenoxy) is 1. The number of carbonyl (C=O) groups excluding carboxylic acids is 2. The second-order valence-corrected chi connectivity index (χ2v) is 5.02. The minimum atomic E-state index is -0.877. The summed E-state index contributed by atoms with van der Waals surface area (Å²) in [6, 6.07) is 7.11.